The van der Waals surface area contributed by atoms with Crippen molar-refractivity contribution in [3.05, 3.63) is 54.4 Å². The van der Waals surface area contributed by atoms with Gasteiger partial charge in [0.15, 0.2) is 11.0 Å². The average molecular weight is 303 g/mol. The Morgan fingerprint density at radius 1 is 1.29 bits per heavy atom. The lowest BCUT2D eigenvalue weighted by Crippen LogP contribution is -2.05. The molecule has 0 radical (unpaired) electrons. The molecule has 0 spiro atoms. The molecule has 0 saturated heterocycles. The van der Waals surface area contributed by atoms with E-state index in [1.54, 1.807) is 18.9 Å². The number of rotatable bonds is 9. The van der Waals surface area contributed by atoms with E-state index in [2.05, 4.69) is 45.6 Å². The molecule has 112 valence electrons. The highest BCUT2D eigenvalue weighted by atomic mass is 32.2. The van der Waals surface area contributed by atoms with E-state index in [-0.39, 0.29) is 0 Å². The van der Waals surface area contributed by atoms with E-state index in [1.807, 2.05) is 12.1 Å². The van der Waals surface area contributed by atoms with Crippen LogP contribution in [0, 0.1) is 0 Å². The van der Waals surface area contributed by atoms with Crippen LogP contribution in [0.4, 0.5) is 0 Å². The van der Waals surface area contributed by atoms with Gasteiger partial charge in [-0.05, 0) is 18.4 Å². The summed E-state index contributed by atoms with van der Waals surface area (Å²) in [5.41, 5.74) is 1.38. The number of hydrogen-bond donors (Lipinski definition) is 0. The van der Waals surface area contributed by atoms with Crippen LogP contribution in [0.5, 0.6) is 0 Å². The summed E-state index contributed by atoms with van der Waals surface area (Å²) in [6.45, 7) is 4.98. The maximum atomic E-state index is 5.14. The quantitative estimate of drug-likeness (QED) is 0.405. The fourth-order valence-corrected chi connectivity index (χ4v) is 2.96. The predicted octanol–water partition coefficient (Wildman–Crippen LogP) is 3.34. The Labute approximate surface area is 130 Å². The van der Waals surface area contributed by atoms with Crippen molar-refractivity contribution < 1.29 is 4.74 Å². The van der Waals surface area contributed by atoms with Crippen LogP contribution in [0.15, 0.2) is 48.1 Å². The van der Waals surface area contributed by atoms with Crippen molar-refractivity contribution in [1.29, 1.82) is 0 Å². The molecule has 0 bridgehead atoms. The molecule has 0 aliphatic carbocycles. The largest absolute Gasteiger partial charge is 0.377 e. The molecule has 0 N–H and O–H groups in total. The van der Waals surface area contributed by atoms with Crippen LogP contribution in [0.25, 0.3) is 0 Å². The lowest BCUT2D eigenvalue weighted by molar-refractivity contribution is 0.174. The number of allylic oxidation sites excluding steroid dienone is 1. The summed E-state index contributed by atoms with van der Waals surface area (Å²) in [4.78, 5) is 0. The number of thioether (sulfide) groups is 1. The molecule has 0 saturated carbocycles. The number of ether oxygens (including phenoxy) is 1. The molecule has 0 aliphatic rings. The van der Waals surface area contributed by atoms with Crippen molar-refractivity contribution in [2.75, 3.05) is 12.9 Å². The maximum absolute atomic E-state index is 5.14. The van der Waals surface area contributed by atoms with Crippen LogP contribution in [0.3, 0.4) is 0 Å². The number of hydrogen-bond acceptors (Lipinski definition) is 4. The molecule has 0 atom stereocenters. The van der Waals surface area contributed by atoms with Crippen molar-refractivity contribution in [3.8, 4) is 0 Å². The van der Waals surface area contributed by atoms with Gasteiger partial charge in [0.1, 0.15) is 6.61 Å². The molecule has 2 rings (SSSR count). The summed E-state index contributed by atoms with van der Waals surface area (Å²) < 4.78 is 7.20. The second-order valence-electron chi connectivity index (χ2n) is 4.67. The molecular weight excluding hydrogens is 282 g/mol. The van der Waals surface area contributed by atoms with E-state index >= 15 is 0 Å². The number of nitrogens with zero attached hydrogens (tertiary/aromatic N) is 3. The minimum Gasteiger partial charge on any atom is -0.377 e. The van der Waals surface area contributed by atoms with Crippen LogP contribution < -0.4 is 0 Å². The number of aryl methyl sites for hydroxylation is 1. The van der Waals surface area contributed by atoms with Gasteiger partial charge in [-0.15, -0.1) is 16.8 Å². The minimum atomic E-state index is 0.478. The van der Waals surface area contributed by atoms with E-state index in [0.29, 0.717) is 13.2 Å². The van der Waals surface area contributed by atoms with Gasteiger partial charge in [-0.25, -0.2) is 0 Å². The van der Waals surface area contributed by atoms with Gasteiger partial charge in [-0.3, -0.25) is 0 Å². The maximum Gasteiger partial charge on any atom is 0.191 e. The topological polar surface area (TPSA) is 39.9 Å². The molecule has 5 heteroatoms. The summed E-state index contributed by atoms with van der Waals surface area (Å²) in [6, 6.07) is 10.6. The Morgan fingerprint density at radius 3 is 2.81 bits per heavy atom. The van der Waals surface area contributed by atoms with E-state index in [4.69, 9.17) is 4.74 Å². The van der Waals surface area contributed by atoms with Crippen molar-refractivity contribution in [1.82, 2.24) is 14.8 Å². The monoisotopic (exact) mass is 303 g/mol. The standard InChI is InChI=1S/C16H21N3OS/c1-3-11-19-15(13-20-2)17-18-16(19)21-12-7-10-14-8-5-4-6-9-14/h3-6,8-9H,1,7,10-13H2,2H3. The third-order valence-corrected chi connectivity index (χ3v) is 4.12. The van der Waals surface area contributed by atoms with Crippen molar-refractivity contribution in [3.63, 3.8) is 0 Å². The Kier molecular flexibility index (Phi) is 6.50. The lowest BCUT2D eigenvalue weighted by Gasteiger charge is -2.07. The minimum absolute atomic E-state index is 0.478. The van der Waals surface area contributed by atoms with E-state index in [0.717, 1.165) is 29.6 Å². The molecule has 1 aromatic heterocycles. The lowest BCUT2D eigenvalue weighted by atomic mass is 10.1. The summed E-state index contributed by atoms with van der Waals surface area (Å²) in [5.74, 6) is 1.87. The molecular formula is C16H21N3OS. The zero-order valence-electron chi connectivity index (χ0n) is 12.4. The Hall–Kier alpha value is -1.59. The van der Waals surface area contributed by atoms with Gasteiger partial charge in [0, 0.05) is 19.4 Å². The fraction of sp³-hybridized carbons (Fsp3) is 0.375. The van der Waals surface area contributed by atoms with Gasteiger partial charge >= 0.3 is 0 Å². The average Bonchev–Trinajstić information content (AvgIpc) is 2.88. The third-order valence-electron chi connectivity index (χ3n) is 3.06. The first-order valence-electron chi connectivity index (χ1n) is 7.03. The Morgan fingerprint density at radius 2 is 2.10 bits per heavy atom. The summed E-state index contributed by atoms with van der Waals surface area (Å²) in [6.07, 6.45) is 4.07. The second-order valence-corrected chi connectivity index (χ2v) is 5.73. The first-order chi connectivity index (χ1) is 10.3. The first kappa shape index (κ1) is 15.8. The Balaban J connectivity index is 1.86. The number of methoxy groups -OCH3 is 1. The van der Waals surface area contributed by atoms with Gasteiger partial charge < -0.3 is 9.30 Å². The molecule has 0 aliphatic heterocycles. The predicted molar refractivity (Wildman–Crippen MR) is 86.4 cm³/mol. The molecule has 0 fully saturated rings. The summed E-state index contributed by atoms with van der Waals surface area (Å²) in [5, 5.41) is 9.37. The van der Waals surface area contributed by atoms with Gasteiger partial charge in [0.25, 0.3) is 0 Å². The number of aromatic nitrogens is 3. The zero-order chi connectivity index (χ0) is 14.9. The van der Waals surface area contributed by atoms with Crippen molar-refractivity contribution >= 4 is 11.8 Å². The van der Waals surface area contributed by atoms with Crippen LogP contribution in [0.1, 0.15) is 17.8 Å². The van der Waals surface area contributed by atoms with Gasteiger partial charge in [-0.2, -0.15) is 0 Å². The van der Waals surface area contributed by atoms with Gasteiger partial charge in [0.05, 0.1) is 0 Å². The van der Waals surface area contributed by atoms with E-state index in [1.165, 1.54) is 5.56 Å². The first-order valence-corrected chi connectivity index (χ1v) is 8.02. The van der Waals surface area contributed by atoms with Crippen molar-refractivity contribution in [2.45, 2.75) is 31.1 Å². The molecule has 0 unspecified atom stereocenters. The van der Waals surface area contributed by atoms with E-state index in [9.17, 15) is 0 Å². The molecule has 4 nitrogen and oxygen atoms in total. The fourth-order valence-electron chi connectivity index (χ4n) is 2.06. The van der Waals surface area contributed by atoms with Crippen LogP contribution in [-0.4, -0.2) is 27.6 Å². The van der Waals surface area contributed by atoms with Crippen LogP contribution in [0.2, 0.25) is 0 Å². The van der Waals surface area contributed by atoms with Crippen molar-refractivity contribution in [2.24, 2.45) is 0 Å². The van der Waals surface area contributed by atoms with Gasteiger partial charge in [-0.1, -0.05) is 48.2 Å². The smallest absolute Gasteiger partial charge is 0.191 e. The second kappa shape index (κ2) is 8.64. The summed E-state index contributed by atoms with van der Waals surface area (Å²) >= 11 is 1.74. The molecule has 0 amide bonds. The highest BCUT2D eigenvalue weighted by Crippen LogP contribution is 2.19. The normalized spacial score (nSPS) is 10.7. The molecule has 1 aromatic carbocycles. The highest BCUT2D eigenvalue weighted by molar-refractivity contribution is 7.99. The number of benzene rings is 1. The molecule has 2 aromatic rings. The Bertz CT molecular complexity index is 554. The molecule has 21 heavy (non-hydrogen) atoms. The van der Waals surface area contributed by atoms with E-state index < -0.39 is 0 Å². The third kappa shape index (κ3) is 4.72. The SMILES string of the molecule is C=CCn1c(COC)nnc1SCCCc1ccccc1. The van der Waals surface area contributed by atoms with Crippen LogP contribution in [-0.2, 0) is 24.3 Å². The van der Waals surface area contributed by atoms with Gasteiger partial charge in [0.2, 0.25) is 0 Å². The van der Waals surface area contributed by atoms with Crippen LogP contribution >= 0.6 is 11.8 Å². The zero-order valence-corrected chi connectivity index (χ0v) is 13.2. The summed E-state index contributed by atoms with van der Waals surface area (Å²) in [7, 11) is 1.67. The highest BCUT2D eigenvalue weighted by Gasteiger charge is 2.10. The molecule has 1 heterocycles.